The van der Waals surface area contributed by atoms with Gasteiger partial charge in [0.25, 0.3) is 0 Å². The highest BCUT2D eigenvalue weighted by Gasteiger charge is 2.30. The number of thioether (sulfide) groups is 1. The smallest absolute Gasteiger partial charge is 0.160 e. The Morgan fingerprint density at radius 3 is 2.75 bits per heavy atom. The van der Waals surface area contributed by atoms with Crippen LogP contribution in [0.15, 0.2) is 0 Å². The van der Waals surface area contributed by atoms with Crippen molar-refractivity contribution in [1.29, 1.82) is 5.26 Å². The van der Waals surface area contributed by atoms with Gasteiger partial charge in [0.1, 0.15) is 0 Å². The molecule has 0 aromatic rings. The van der Waals surface area contributed by atoms with E-state index in [1.165, 1.54) is 0 Å². The minimum Gasteiger partial charge on any atom is -0.374 e. The van der Waals surface area contributed by atoms with Crippen molar-refractivity contribution in [2.75, 3.05) is 11.5 Å². The number of hydrogen-bond donors (Lipinski definition) is 1. The summed E-state index contributed by atoms with van der Waals surface area (Å²) in [6, 6.07) is 1.88. The number of aliphatic hydroxyl groups is 1. The highest BCUT2D eigenvalue weighted by molar-refractivity contribution is 7.99. The van der Waals surface area contributed by atoms with Crippen LogP contribution in [0.4, 0.5) is 0 Å². The van der Waals surface area contributed by atoms with Gasteiger partial charge in [-0.2, -0.15) is 17.0 Å². The number of nitrogens with zero attached hydrogens (tertiary/aromatic N) is 1. The second-order valence-electron chi connectivity index (χ2n) is 1.95. The van der Waals surface area contributed by atoms with E-state index in [4.69, 9.17) is 10.4 Å². The van der Waals surface area contributed by atoms with Crippen LogP contribution in [-0.4, -0.2) is 22.2 Å². The van der Waals surface area contributed by atoms with Crippen molar-refractivity contribution in [2.45, 2.75) is 12.0 Å². The molecule has 0 radical (unpaired) electrons. The highest BCUT2D eigenvalue weighted by Crippen LogP contribution is 2.26. The lowest BCUT2D eigenvalue weighted by Crippen LogP contribution is -2.24. The zero-order valence-electron chi connectivity index (χ0n) is 4.42. The van der Waals surface area contributed by atoms with Crippen LogP contribution in [0.1, 0.15) is 6.42 Å². The van der Waals surface area contributed by atoms with Gasteiger partial charge in [0.15, 0.2) is 5.60 Å². The molecular weight excluding hydrogens is 122 g/mol. The molecule has 1 heterocycles. The first-order valence-corrected chi connectivity index (χ1v) is 3.64. The first kappa shape index (κ1) is 5.93. The molecule has 44 valence electrons. The van der Waals surface area contributed by atoms with Crippen molar-refractivity contribution in [3.05, 3.63) is 0 Å². The predicted octanol–water partition coefficient (Wildman–Crippen LogP) is 0.378. The van der Waals surface area contributed by atoms with E-state index in [1.807, 2.05) is 6.07 Å². The van der Waals surface area contributed by atoms with Crippen molar-refractivity contribution in [3.8, 4) is 6.07 Å². The molecule has 1 aliphatic heterocycles. The topological polar surface area (TPSA) is 44.0 Å². The molecule has 1 fully saturated rings. The van der Waals surface area contributed by atoms with E-state index in [0.717, 1.165) is 5.75 Å². The molecule has 0 unspecified atom stereocenters. The Labute approximate surface area is 52.5 Å². The number of hydrogen-bond acceptors (Lipinski definition) is 3. The van der Waals surface area contributed by atoms with Crippen molar-refractivity contribution in [3.63, 3.8) is 0 Å². The lowest BCUT2D eigenvalue weighted by Gasteiger charge is -2.07. The van der Waals surface area contributed by atoms with Gasteiger partial charge in [-0.1, -0.05) is 0 Å². The molecule has 0 bridgehead atoms. The molecule has 1 rings (SSSR count). The molecule has 0 spiro atoms. The van der Waals surface area contributed by atoms with Crippen molar-refractivity contribution in [1.82, 2.24) is 0 Å². The molecule has 0 aliphatic carbocycles. The Kier molecular flexibility index (Phi) is 1.45. The zero-order valence-corrected chi connectivity index (χ0v) is 5.24. The number of rotatable bonds is 0. The Morgan fingerprint density at radius 1 is 1.75 bits per heavy atom. The van der Waals surface area contributed by atoms with Gasteiger partial charge in [0.05, 0.1) is 6.07 Å². The van der Waals surface area contributed by atoms with Crippen LogP contribution >= 0.6 is 11.8 Å². The summed E-state index contributed by atoms with van der Waals surface area (Å²) in [5.41, 5.74) is -0.995. The van der Waals surface area contributed by atoms with Crippen LogP contribution in [-0.2, 0) is 0 Å². The predicted molar refractivity (Wildman–Crippen MR) is 32.5 cm³/mol. The van der Waals surface area contributed by atoms with Gasteiger partial charge in [0, 0.05) is 5.75 Å². The summed E-state index contributed by atoms with van der Waals surface area (Å²) in [6.45, 7) is 0. The largest absolute Gasteiger partial charge is 0.374 e. The molecule has 2 nitrogen and oxygen atoms in total. The normalized spacial score (nSPS) is 37.0. The first-order valence-electron chi connectivity index (χ1n) is 2.48. The van der Waals surface area contributed by atoms with Crippen LogP contribution in [0.25, 0.3) is 0 Å². The van der Waals surface area contributed by atoms with Gasteiger partial charge in [-0.3, -0.25) is 0 Å². The summed E-state index contributed by atoms with van der Waals surface area (Å²) in [5, 5.41) is 17.4. The summed E-state index contributed by atoms with van der Waals surface area (Å²) in [7, 11) is 0. The minimum atomic E-state index is -0.995. The maximum absolute atomic E-state index is 9.12. The molecule has 0 amide bonds. The van der Waals surface area contributed by atoms with Gasteiger partial charge in [-0.15, -0.1) is 0 Å². The van der Waals surface area contributed by atoms with Crippen molar-refractivity contribution >= 4 is 11.8 Å². The van der Waals surface area contributed by atoms with Gasteiger partial charge < -0.3 is 5.11 Å². The Hall–Kier alpha value is -0.200. The molecule has 1 saturated heterocycles. The van der Waals surface area contributed by atoms with Crippen LogP contribution in [0, 0.1) is 11.3 Å². The lowest BCUT2D eigenvalue weighted by molar-refractivity contribution is 0.128. The summed E-state index contributed by atoms with van der Waals surface area (Å²) < 4.78 is 0. The molecule has 8 heavy (non-hydrogen) atoms. The quantitative estimate of drug-likeness (QED) is 0.481. The maximum Gasteiger partial charge on any atom is 0.160 e. The van der Waals surface area contributed by atoms with Crippen molar-refractivity contribution in [2.24, 2.45) is 0 Å². The van der Waals surface area contributed by atoms with Crippen LogP contribution in [0.5, 0.6) is 0 Å². The van der Waals surface area contributed by atoms with Crippen molar-refractivity contribution < 1.29 is 5.11 Å². The average Bonchev–Trinajstić information content (AvgIpc) is 2.17. The van der Waals surface area contributed by atoms with Gasteiger partial charge in [-0.05, 0) is 12.2 Å². The maximum atomic E-state index is 9.12. The minimum absolute atomic E-state index is 0.587. The van der Waals surface area contributed by atoms with Crippen LogP contribution in [0.2, 0.25) is 0 Å². The summed E-state index contributed by atoms with van der Waals surface area (Å²) in [6.07, 6.45) is 0.633. The zero-order chi connectivity index (χ0) is 6.04. The second-order valence-corrected chi connectivity index (χ2v) is 3.05. The third-order valence-electron chi connectivity index (χ3n) is 1.21. The fraction of sp³-hybridized carbons (Fsp3) is 0.800. The van der Waals surface area contributed by atoms with E-state index < -0.39 is 5.60 Å². The molecule has 1 N–H and O–H groups in total. The Bertz CT molecular complexity index is 123. The second kappa shape index (κ2) is 1.96. The molecule has 0 saturated carbocycles. The van der Waals surface area contributed by atoms with E-state index in [0.29, 0.717) is 12.2 Å². The third-order valence-corrected chi connectivity index (χ3v) is 2.38. The number of nitriles is 1. The molecule has 1 aliphatic rings. The molecule has 0 aromatic heterocycles. The first-order chi connectivity index (χ1) is 3.77. The molecular formula is C5H7NOS. The SMILES string of the molecule is N#C[C@@]1(O)CCSC1. The highest BCUT2D eigenvalue weighted by atomic mass is 32.2. The Morgan fingerprint density at radius 2 is 2.50 bits per heavy atom. The van der Waals surface area contributed by atoms with Gasteiger partial charge in [-0.25, -0.2) is 0 Å². The summed E-state index contributed by atoms with van der Waals surface area (Å²) in [4.78, 5) is 0. The lowest BCUT2D eigenvalue weighted by atomic mass is 10.1. The Balaban J connectivity index is 2.56. The van der Waals surface area contributed by atoms with Gasteiger partial charge in [0.2, 0.25) is 0 Å². The average molecular weight is 129 g/mol. The fourth-order valence-electron chi connectivity index (χ4n) is 0.642. The van der Waals surface area contributed by atoms with E-state index in [-0.39, 0.29) is 0 Å². The van der Waals surface area contributed by atoms with Gasteiger partial charge >= 0.3 is 0 Å². The molecule has 3 heteroatoms. The summed E-state index contributed by atoms with van der Waals surface area (Å²) in [5.74, 6) is 1.51. The fourth-order valence-corrected chi connectivity index (χ4v) is 1.82. The van der Waals surface area contributed by atoms with E-state index in [9.17, 15) is 0 Å². The summed E-state index contributed by atoms with van der Waals surface area (Å²) >= 11 is 1.63. The van der Waals surface area contributed by atoms with Crippen LogP contribution in [0.3, 0.4) is 0 Å². The van der Waals surface area contributed by atoms with E-state index in [2.05, 4.69) is 0 Å². The van der Waals surface area contributed by atoms with Crippen LogP contribution < -0.4 is 0 Å². The third kappa shape index (κ3) is 0.960. The molecule has 1 atom stereocenters. The van der Waals surface area contributed by atoms with E-state index in [1.54, 1.807) is 11.8 Å². The standard InChI is InChI=1S/C5H7NOS/c6-3-5(7)1-2-8-4-5/h7H,1-2,4H2/t5-/m0/s1. The monoisotopic (exact) mass is 129 g/mol. The molecule has 0 aromatic carbocycles. The van der Waals surface area contributed by atoms with E-state index >= 15 is 0 Å².